The molecule has 0 aliphatic rings. The fourth-order valence-corrected chi connectivity index (χ4v) is 3.43. The molecule has 1 amide bonds. The summed E-state index contributed by atoms with van der Waals surface area (Å²) in [5.74, 6) is -2.31. The quantitative estimate of drug-likeness (QED) is 0.675. The number of carbonyl (C=O) groups is 1. The number of amides is 1. The number of rotatable bonds is 6. The Kier molecular flexibility index (Phi) is 6.49. The van der Waals surface area contributed by atoms with Crippen LogP contribution in [0, 0.1) is 0 Å². The van der Waals surface area contributed by atoms with E-state index in [9.17, 15) is 36.6 Å². The predicted octanol–water partition coefficient (Wildman–Crippen LogP) is 2.14. The molecule has 0 aliphatic heterocycles. The molecule has 0 bridgehead atoms. The monoisotopic (exact) mass is 403 g/mol. The molecule has 6 nitrogen and oxygen atoms in total. The summed E-state index contributed by atoms with van der Waals surface area (Å²) in [5.41, 5.74) is -3.95. The summed E-state index contributed by atoms with van der Waals surface area (Å²) in [6.07, 6.45) is -6.07. The smallest absolute Gasteiger partial charge is 0.392 e. The van der Waals surface area contributed by atoms with E-state index in [0.29, 0.717) is 0 Å². The Morgan fingerprint density at radius 2 is 1.92 bits per heavy atom. The zero-order chi connectivity index (χ0) is 19.6. The second-order valence-electron chi connectivity index (χ2n) is 5.51. The minimum absolute atomic E-state index is 0.216. The van der Waals surface area contributed by atoms with Crippen molar-refractivity contribution in [3.63, 3.8) is 0 Å². The van der Waals surface area contributed by atoms with Gasteiger partial charge in [-0.05, 0) is 31.5 Å². The molecule has 0 aliphatic carbocycles. The average molecular weight is 404 g/mol. The minimum Gasteiger partial charge on any atom is -0.392 e. The zero-order valence-electron chi connectivity index (χ0n) is 13.3. The summed E-state index contributed by atoms with van der Waals surface area (Å²) >= 11 is 5.81. The number of carbonyl (C=O) groups excluding carboxylic acids is 1. The number of hydrogen-bond acceptors (Lipinski definition) is 5. The Morgan fingerprint density at radius 3 is 2.36 bits per heavy atom. The van der Waals surface area contributed by atoms with Crippen LogP contribution in [0.1, 0.15) is 20.3 Å². The molecule has 1 aromatic rings. The van der Waals surface area contributed by atoms with Crippen LogP contribution in [0.25, 0.3) is 0 Å². The molecular weight excluding hydrogens is 387 g/mol. The Labute approximate surface area is 147 Å². The van der Waals surface area contributed by atoms with Gasteiger partial charge in [-0.25, -0.2) is 8.42 Å². The van der Waals surface area contributed by atoms with E-state index in [4.69, 9.17) is 11.6 Å². The van der Waals surface area contributed by atoms with Crippen molar-refractivity contribution in [1.82, 2.24) is 0 Å². The van der Waals surface area contributed by atoms with Gasteiger partial charge in [0.05, 0.1) is 27.5 Å². The highest BCUT2D eigenvalue weighted by molar-refractivity contribution is 7.91. The third-order valence-corrected chi connectivity index (χ3v) is 5.53. The van der Waals surface area contributed by atoms with Crippen LogP contribution in [-0.2, 0) is 14.6 Å². The fourth-order valence-electron chi connectivity index (χ4n) is 1.63. The summed E-state index contributed by atoms with van der Waals surface area (Å²) in [5, 5.41) is 20.2. The molecule has 11 heteroatoms. The maximum atomic E-state index is 12.6. The number of anilines is 1. The molecule has 142 valence electrons. The van der Waals surface area contributed by atoms with Gasteiger partial charge < -0.3 is 15.5 Å². The van der Waals surface area contributed by atoms with Crippen LogP contribution in [-0.4, -0.2) is 48.2 Å². The van der Waals surface area contributed by atoms with E-state index in [-0.39, 0.29) is 29.0 Å². The lowest BCUT2D eigenvalue weighted by Crippen LogP contribution is -2.52. The molecule has 0 aromatic heterocycles. The first-order valence-electron chi connectivity index (χ1n) is 7.03. The fraction of sp³-hybridized carbons (Fsp3) is 0.500. The minimum atomic E-state index is -5.21. The zero-order valence-corrected chi connectivity index (χ0v) is 14.8. The highest BCUT2D eigenvalue weighted by Gasteiger charge is 2.55. The van der Waals surface area contributed by atoms with Crippen LogP contribution in [0.3, 0.4) is 0 Å². The summed E-state index contributed by atoms with van der Waals surface area (Å²) in [6.45, 7) is 1.87. The van der Waals surface area contributed by atoms with E-state index in [1.165, 1.54) is 0 Å². The molecule has 0 fully saturated rings. The molecular formula is C14H17ClF3NO5S. The first kappa shape index (κ1) is 21.7. The molecule has 25 heavy (non-hydrogen) atoms. The second kappa shape index (κ2) is 7.48. The lowest BCUT2D eigenvalue weighted by molar-refractivity contribution is -0.242. The number of nitrogens with one attached hydrogen (secondary N) is 1. The topological polar surface area (TPSA) is 104 Å². The average Bonchev–Trinajstić information content (AvgIpc) is 2.47. The Morgan fingerprint density at radius 1 is 1.36 bits per heavy atom. The van der Waals surface area contributed by atoms with Gasteiger partial charge in [0.2, 0.25) is 5.60 Å². The van der Waals surface area contributed by atoms with Crippen LogP contribution in [0.2, 0.25) is 5.02 Å². The van der Waals surface area contributed by atoms with E-state index in [1.54, 1.807) is 12.2 Å². The van der Waals surface area contributed by atoms with Crippen molar-refractivity contribution < 1.29 is 36.6 Å². The Bertz CT molecular complexity index is 749. The number of aliphatic hydroxyl groups excluding tert-OH is 1. The van der Waals surface area contributed by atoms with Crippen LogP contribution >= 0.6 is 11.6 Å². The van der Waals surface area contributed by atoms with Crippen molar-refractivity contribution in [1.29, 1.82) is 0 Å². The lowest BCUT2D eigenvalue weighted by atomic mass is 10.1. The second-order valence-corrected chi connectivity index (χ2v) is 7.95. The summed E-state index contributed by atoms with van der Waals surface area (Å²) in [6, 6.07) is 2.97. The third-order valence-electron chi connectivity index (χ3n) is 3.43. The van der Waals surface area contributed by atoms with Gasteiger partial charge in [0.25, 0.3) is 5.91 Å². The SMILES string of the molecule is CCC(O)CS(=O)(=O)c1ccc(NC(=O)[C@@](C)(O)C(F)(F)F)c(Cl)c1. The van der Waals surface area contributed by atoms with E-state index in [0.717, 1.165) is 18.2 Å². The number of hydrogen-bond donors (Lipinski definition) is 3. The maximum absolute atomic E-state index is 12.6. The van der Waals surface area contributed by atoms with Crippen molar-refractivity contribution >= 4 is 33.0 Å². The van der Waals surface area contributed by atoms with E-state index < -0.39 is 39.4 Å². The normalized spacial score (nSPS) is 16.2. The number of aliphatic hydroxyl groups is 2. The van der Waals surface area contributed by atoms with Crippen molar-refractivity contribution in [2.24, 2.45) is 0 Å². The van der Waals surface area contributed by atoms with Crippen molar-refractivity contribution in [2.75, 3.05) is 11.1 Å². The highest BCUT2D eigenvalue weighted by atomic mass is 35.5. The molecule has 1 aromatic carbocycles. The van der Waals surface area contributed by atoms with Crippen molar-refractivity contribution in [3.8, 4) is 0 Å². The summed E-state index contributed by atoms with van der Waals surface area (Å²) < 4.78 is 62.0. The van der Waals surface area contributed by atoms with E-state index in [2.05, 4.69) is 0 Å². The number of sulfone groups is 1. The summed E-state index contributed by atoms with van der Waals surface area (Å²) in [7, 11) is -3.87. The number of halogens is 4. The molecule has 1 unspecified atom stereocenters. The van der Waals surface area contributed by atoms with E-state index >= 15 is 0 Å². The molecule has 0 radical (unpaired) electrons. The van der Waals surface area contributed by atoms with Crippen molar-refractivity contribution in [2.45, 2.75) is 43.0 Å². The largest absolute Gasteiger partial charge is 0.426 e. The van der Waals surface area contributed by atoms with Crippen LogP contribution < -0.4 is 5.32 Å². The molecule has 0 saturated carbocycles. The van der Waals surface area contributed by atoms with Gasteiger partial charge in [-0.2, -0.15) is 13.2 Å². The van der Waals surface area contributed by atoms with Gasteiger partial charge in [0.15, 0.2) is 9.84 Å². The first-order valence-corrected chi connectivity index (χ1v) is 9.06. The van der Waals surface area contributed by atoms with Gasteiger partial charge in [-0.3, -0.25) is 4.79 Å². The standard InChI is InChI=1S/C14H17ClF3NO5S/c1-3-8(20)7-25(23,24)9-4-5-11(10(15)6-9)19-12(21)13(2,22)14(16,17)18/h4-6,8,20,22H,3,7H2,1-2H3,(H,19,21)/t8?,13-/m1/s1. The molecule has 2 atom stereocenters. The van der Waals surface area contributed by atoms with Gasteiger partial charge in [0, 0.05) is 0 Å². The van der Waals surface area contributed by atoms with Crippen LogP contribution in [0.15, 0.2) is 23.1 Å². The molecule has 1 rings (SSSR count). The third kappa shape index (κ3) is 5.06. The maximum Gasteiger partial charge on any atom is 0.426 e. The van der Waals surface area contributed by atoms with Gasteiger partial charge in [0.1, 0.15) is 0 Å². The lowest BCUT2D eigenvalue weighted by Gasteiger charge is -2.25. The Hall–Kier alpha value is -1.36. The van der Waals surface area contributed by atoms with Crippen LogP contribution in [0.5, 0.6) is 0 Å². The van der Waals surface area contributed by atoms with Gasteiger partial charge >= 0.3 is 6.18 Å². The van der Waals surface area contributed by atoms with Gasteiger partial charge in [-0.1, -0.05) is 18.5 Å². The van der Waals surface area contributed by atoms with Crippen molar-refractivity contribution in [3.05, 3.63) is 23.2 Å². The van der Waals surface area contributed by atoms with E-state index in [1.807, 2.05) is 0 Å². The first-order chi connectivity index (χ1) is 11.2. The Balaban J connectivity index is 3.06. The van der Waals surface area contributed by atoms with Gasteiger partial charge in [-0.15, -0.1) is 0 Å². The molecule has 0 spiro atoms. The molecule has 0 saturated heterocycles. The molecule has 3 N–H and O–H groups in total. The molecule has 0 heterocycles. The summed E-state index contributed by atoms with van der Waals surface area (Å²) in [4.78, 5) is 11.3. The van der Waals surface area contributed by atoms with Crippen LogP contribution in [0.4, 0.5) is 18.9 Å². The number of benzene rings is 1. The number of alkyl halides is 3. The highest BCUT2D eigenvalue weighted by Crippen LogP contribution is 2.32. The predicted molar refractivity (Wildman–Crippen MR) is 85.1 cm³/mol.